The number of H-pyrrole nitrogens is 1. The van der Waals surface area contributed by atoms with E-state index in [4.69, 9.17) is 17.3 Å². The Morgan fingerprint density at radius 3 is 3.09 bits per heavy atom. The topological polar surface area (TPSA) is 54.7 Å². The van der Waals surface area contributed by atoms with Crippen molar-refractivity contribution in [3.05, 3.63) is 23.5 Å². The Hall–Kier alpha value is -1.22. The van der Waals surface area contributed by atoms with Crippen LogP contribution >= 0.6 is 11.6 Å². The molecule has 0 unspecified atom stereocenters. The molecule has 0 aliphatic carbocycles. The summed E-state index contributed by atoms with van der Waals surface area (Å²) in [6.45, 7) is 0. The number of hydrogen-bond donors (Lipinski definition) is 2. The van der Waals surface area contributed by atoms with Crippen LogP contribution in [-0.4, -0.2) is 9.97 Å². The fraction of sp³-hybridized carbons (Fsp3) is 0. The van der Waals surface area contributed by atoms with Crippen LogP contribution in [0.25, 0.3) is 11.0 Å². The fourth-order valence-electron chi connectivity index (χ4n) is 1.04. The highest BCUT2D eigenvalue weighted by Gasteiger charge is 2.00. The first-order valence-corrected chi connectivity index (χ1v) is 3.53. The minimum absolute atomic E-state index is 0.605. The Labute approximate surface area is 68.2 Å². The van der Waals surface area contributed by atoms with Crippen molar-refractivity contribution < 1.29 is 0 Å². The first-order chi connectivity index (χ1) is 5.27. The molecule has 3 nitrogen and oxygen atoms in total. The number of fused-ring (bicyclic) bond motifs is 1. The van der Waals surface area contributed by atoms with Gasteiger partial charge in [0, 0.05) is 5.02 Å². The van der Waals surface area contributed by atoms with E-state index in [9.17, 15) is 0 Å². The lowest BCUT2D eigenvalue weighted by molar-refractivity contribution is 1.34. The molecule has 1 heterocycles. The summed E-state index contributed by atoms with van der Waals surface area (Å²) in [7, 11) is 0. The number of aromatic nitrogens is 2. The first-order valence-electron chi connectivity index (χ1n) is 3.15. The van der Waals surface area contributed by atoms with E-state index in [-0.39, 0.29) is 0 Å². The average molecular weight is 168 g/mol. The van der Waals surface area contributed by atoms with Crippen molar-refractivity contribution in [2.24, 2.45) is 0 Å². The van der Waals surface area contributed by atoms with Gasteiger partial charge in [0.25, 0.3) is 0 Å². The Bertz CT molecular complexity index is 393. The molecule has 0 spiro atoms. The lowest BCUT2D eigenvalue weighted by Gasteiger charge is -1.94. The Kier molecular flexibility index (Phi) is 1.26. The van der Waals surface area contributed by atoms with Crippen LogP contribution in [0.4, 0.5) is 5.69 Å². The van der Waals surface area contributed by atoms with E-state index >= 15 is 0 Å². The van der Waals surface area contributed by atoms with Crippen LogP contribution in [0, 0.1) is 0 Å². The molecule has 0 aliphatic heterocycles. The van der Waals surface area contributed by atoms with Crippen LogP contribution in [-0.2, 0) is 0 Å². The molecule has 56 valence electrons. The van der Waals surface area contributed by atoms with Crippen molar-refractivity contribution >= 4 is 28.3 Å². The van der Waals surface area contributed by atoms with Crippen molar-refractivity contribution in [1.29, 1.82) is 0 Å². The van der Waals surface area contributed by atoms with Crippen LogP contribution in [0.15, 0.2) is 18.5 Å². The quantitative estimate of drug-likeness (QED) is 0.588. The Morgan fingerprint density at radius 1 is 1.45 bits per heavy atom. The summed E-state index contributed by atoms with van der Waals surface area (Å²) in [5.41, 5.74) is 7.88. The van der Waals surface area contributed by atoms with E-state index in [0.717, 1.165) is 11.0 Å². The van der Waals surface area contributed by atoms with Gasteiger partial charge in [-0.2, -0.15) is 0 Å². The van der Waals surface area contributed by atoms with E-state index in [1.165, 1.54) is 0 Å². The normalized spacial score (nSPS) is 10.6. The molecule has 0 atom stereocenters. The molecule has 3 N–H and O–H groups in total. The first kappa shape index (κ1) is 6.49. The lowest BCUT2D eigenvalue weighted by atomic mass is 10.3. The zero-order valence-electron chi connectivity index (χ0n) is 5.63. The highest BCUT2D eigenvalue weighted by molar-refractivity contribution is 6.31. The minimum Gasteiger partial charge on any atom is -0.397 e. The zero-order valence-corrected chi connectivity index (χ0v) is 6.39. The van der Waals surface area contributed by atoms with Crippen LogP contribution in [0.3, 0.4) is 0 Å². The van der Waals surface area contributed by atoms with Crippen molar-refractivity contribution in [2.75, 3.05) is 5.73 Å². The van der Waals surface area contributed by atoms with Gasteiger partial charge < -0.3 is 10.7 Å². The fourth-order valence-corrected chi connectivity index (χ4v) is 1.27. The zero-order chi connectivity index (χ0) is 7.84. The molecule has 0 saturated carbocycles. The van der Waals surface area contributed by atoms with E-state index in [0.29, 0.717) is 10.7 Å². The molecular weight excluding hydrogens is 162 g/mol. The molecule has 4 heteroatoms. The molecule has 0 aliphatic rings. The van der Waals surface area contributed by atoms with Gasteiger partial charge in [-0.05, 0) is 12.1 Å². The third-order valence-electron chi connectivity index (χ3n) is 1.52. The highest BCUT2D eigenvalue weighted by Crippen LogP contribution is 2.22. The van der Waals surface area contributed by atoms with Crippen LogP contribution in [0.5, 0.6) is 0 Å². The predicted octanol–water partition coefficient (Wildman–Crippen LogP) is 1.80. The van der Waals surface area contributed by atoms with Gasteiger partial charge in [-0.25, -0.2) is 4.98 Å². The van der Waals surface area contributed by atoms with Gasteiger partial charge in [0.15, 0.2) is 0 Å². The van der Waals surface area contributed by atoms with Gasteiger partial charge in [-0.1, -0.05) is 11.6 Å². The van der Waals surface area contributed by atoms with Crippen LogP contribution in [0.1, 0.15) is 0 Å². The molecule has 2 aromatic rings. The third kappa shape index (κ3) is 0.935. The van der Waals surface area contributed by atoms with E-state index < -0.39 is 0 Å². The molecule has 0 radical (unpaired) electrons. The molecule has 1 aromatic heterocycles. The summed E-state index contributed by atoms with van der Waals surface area (Å²) < 4.78 is 0. The van der Waals surface area contributed by atoms with Crippen molar-refractivity contribution in [3.8, 4) is 0 Å². The second-order valence-corrected chi connectivity index (χ2v) is 2.73. The molecule has 1 aromatic carbocycles. The highest BCUT2D eigenvalue weighted by atomic mass is 35.5. The molecule has 0 saturated heterocycles. The lowest BCUT2D eigenvalue weighted by Crippen LogP contribution is -1.85. The Morgan fingerprint density at radius 2 is 2.27 bits per heavy atom. The molecule has 11 heavy (non-hydrogen) atoms. The number of benzene rings is 1. The summed E-state index contributed by atoms with van der Waals surface area (Å²) in [4.78, 5) is 6.95. The van der Waals surface area contributed by atoms with Gasteiger partial charge in [0.2, 0.25) is 0 Å². The van der Waals surface area contributed by atoms with Crippen molar-refractivity contribution in [1.82, 2.24) is 9.97 Å². The number of nitrogens with two attached hydrogens (primary N) is 1. The number of nitrogen functional groups attached to an aromatic ring is 1. The van der Waals surface area contributed by atoms with Crippen molar-refractivity contribution in [2.45, 2.75) is 0 Å². The smallest absolute Gasteiger partial charge is 0.111 e. The molecule has 0 bridgehead atoms. The largest absolute Gasteiger partial charge is 0.397 e. The molecular formula is C7H6ClN3. The van der Waals surface area contributed by atoms with Crippen LogP contribution < -0.4 is 5.73 Å². The monoisotopic (exact) mass is 167 g/mol. The van der Waals surface area contributed by atoms with Gasteiger partial charge in [0.1, 0.15) is 5.52 Å². The maximum atomic E-state index is 5.75. The summed E-state index contributed by atoms with van der Waals surface area (Å²) in [6.07, 6.45) is 1.59. The molecule has 0 amide bonds. The number of halogens is 1. The van der Waals surface area contributed by atoms with Gasteiger partial charge in [0.05, 0.1) is 17.5 Å². The average Bonchev–Trinajstić information content (AvgIpc) is 2.34. The van der Waals surface area contributed by atoms with E-state index in [1.54, 1.807) is 18.5 Å². The van der Waals surface area contributed by atoms with Gasteiger partial charge in [-0.15, -0.1) is 0 Å². The van der Waals surface area contributed by atoms with Crippen molar-refractivity contribution in [3.63, 3.8) is 0 Å². The molecule has 0 fully saturated rings. The number of rotatable bonds is 0. The Balaban J connectivity index is 2.91. The predicted molar refractivity (Wildman–Crippen MR) is 45.5 cm³/mol. The number of hydrogen-bond acceptors (Lipinski definition) is 2. The van der Waals surface area contributed by atoms with Crippen LogP contribution in [0.2, 0.25) is 5.02 Å². The maximum Gasteiger partial charge on any atom is 0.111 e. The second-order valence-electron chi connectivity index (χ2n) is 2.29. The van der Waals surface area contributed by atoms with Gasteiger partial charge >= 0.3 is 0 Å². The van der Waals surface area contributed by atoms with E-state index in [1.807, 2.05) is 0 Å². The summed E-state index contributed by atoms with van der Waals surface area (Å²) in [5.74, 6) is 0. The summed E-state index contributed by atoms with van der Waals surface area (Å²) in [5, 5.41) is 0.624. The summed E-state index contributed by atoms with van der Waals surface area (Å²) in [6, 6.07) is 3.48. The number of nitrogens with one attached hydrogen (secondary N) is 1. The van der Waals surface area contributed by atoms with E-state index in [2.05, 4.69) is 9.97 Å². The number of aromatic amines is 1. The number of imidazole rings is 1. The summed E-state index contributed by atoms with van der Waals surface area (Å²) >= 11 is 5.75. The molecule has 2 rings (SSSR count). The standard InChI is InChI=1S/C7H6ClN3/c8-4-1-5(9)7-6(2-4)10-3-11-7/h1-3H,9H2,(H,10,11). The van der Waals surface area contributed by atoms with Gasteiger partial charge in [-0.3, -0.25) is 0 Å². The number of anilines is 1. The third-order valence-corrected chi connectivity index (χ3v) is 1.74. The SMILES string of the molecule is Nc1cc(Cl)cc2[nH]cnc12. The maximum absolute atomic E-state index is 5.75. The number of nitrogens with zero attached hydrogens (tertiary/aromatic N) is 1. The second kappa shape index (κ2) is 2.13. The minimum atomic E-state index is 0.605.